The minimum atomic E-state index is -0.250. The molecule has 1 aliphatic heterocycles. The maximum absolute atomic E-state index is 11.3. The minimum Gasteiger partial charge on any atom is -0.463 e. The van der Waals surface area contributed by atoms with Gasteiger partial charge in [0.1, 0.15) is 0 Å². The predicted molar refractivity (Wildman–Crippen MR) is 77.9 cm³/mol. The lowest BCUT2D eigenvalue weighted by Crippen LogP contribution is -2.09. The maximum Gasteiger partial charge on any atom is 0.330 e. The zero-order chi connectivity index (χ0) is 13.0. The van der Waals surface area contributed by atoms with Crippen molar-refractivity contribution in [2.45, 2.75) is 29.9 Å². The van der Waals surface area contributed by atoms with Gasteiger partial charge in [0.15, 0.2) is 0 Å². The van der Waals surface area contributed by atoms with Gasteiger partial charge in [0, 0.05) is 20.7 Å². The lowest BCUT2D eigenvalue weighted by atomic mass is 10.1. The summed E-state index contributed by atoms with van der Waals surface area (Å²) >= 11 is 5.30. The van der Waals surface area contributed by atoms with Gasteiger partial charge in [-0.05, 0) is 43.5 Å². The van der Waals surface area contributed by atoms with Crippen molar-refractivity contribution in [2.75, 3.05) is 6.61 Å². The number of carbonyl (C=O) groups excluding carboxylic acids is 1. The molecule has 0 fully saturated rings. The van der Waals surface area contributed by atoms with Crippen LogP contribution in [0.2, 0.25) is 0 Å². The second-order valence-electron chi connectivity index (χ2n) is 4.06. The molecule has 4 heteroatoms. The molecule has 1 atom stereocenters. The summed E-state index contributed by atoms with van der Waals surface area (Å²) in [5.41, 5.74) is 1.38. The average Bonchev–Trinajstić information content (AvgIpc) is 2.36. The third-order valence-electron chi connectivity index (χ3n) is 2.73. The number of fused-ring (bicyclic) bond motifs is 1. The van der Waals surface area contributed by atoms with Crippen LogP contribution < -0.4 is 0 Å². The van der Waals surface area contributed by atoms with Crippen molar-refractivity contribution in [3.8, 4) is 0 Å². The highest BCUT2D eigenvalue weighted by molar-refractivity contribution is 9.10. The first-order valence-electron chi connectivity index (χ1n) is 5.99. The van der Waals surface area contributed by atoms with E-state index in [2.05, 4.69) is 34.1 Å². The highest BCUT2D eigenvalue weighted by atomic mass is 79.9. The minimum absolute atomic E-state index is 0.250. The first-order chi connectivity index (χ1) is 8.69. The smallest absolute Gasteiger partial charge is 0.330 e. The Morgan fingerprint density at radius 2 is 2.44 bits per heavy atom. The second-order valence-corrected chi connectivity index (χ2v) is 6.25. The Morgan fingerprint density at radius 1 is 1.61 bits per heavy atom. The normalized spacial score (nSPS) is 18.7. The molecule has 0 saturated carbocycles. The van der Waals surface area contributed by atoms with E-state index in [4.69, 9.17) is 4.74 Å². The lowest BCUT2D eigenvalue weighted by molar-refractivity contribution is -0.137. The molecule has 0 amide bonds. The van der Waals surface area contributed by atoms with Crippen molar-refractivity contribution < 1.29 is 9.53 Å². The van der Waals surface area contributed by atoms with Crippen LogP contribution in [0.1, 0.15) is 18.9 Å². The first-order valence-corrected chi connectivity index (χ1v) is 7.66. The predicted octanol–water partition coefficient (Wildman–Crippen LogP) is 3.98. The van der Waals surface area contributed by atoms with Crippen LogP contribution in [-0.2, 0) is 16.0 Å². The quantitative estimate of drug-likeness (QED) is 0.621. The standard InChI is InChI=1S/C14H15BrO2S/c1-2-17-14(16)8-6-12-5-3-10-9-11(15)4-7-13(10)18-12/h4,6-9,12H,2-3,5H2,1H3/b8-6+. The summed E-state index contributed by atoms with van der Waals surface area (Å²) in [6, 6.07) is 6.37. The average molecular weight is 327 g/mol. The van der Waals surface area contributed by atoms with Crippen molar-refractivity contribution in [1.82, 2.24) is 0 Å². The zero-order valence-electron chi connectivity index (χ0n) is 10.2. The molecule has 0 spiro atoms. The SMILES string of the molecule is CCOC(=O)/C=C/C1CCc2cc(Br)ccc2S1. The van der Waals surface area contributed by atoms with Crippen LogP contribution >= 0.6 is 27.7 Å². The number of hydrogen-bond donors (Lipinski definition) is 0. The Labute approximate surface area is 120 Å². The van der Waals surface area contributed by atoms with Crippen LogP contribution in [0.5, 0.6) is 0 Å². The van der Waals surface area contributed by atoms with E-state index in [0.29, 0.717) is 11.9 Å². The molecule has 18 heavy (non-hydrogen) atoms. The van der Waals surface area contributed by atoms with E-state index in [-0.39, 0.29) is 5.97 Å². The molecule has 0 saturated heterocycles. The second kappa shape index (κ2) is 6.43. The number of aryl methyl sites for hydroxylation is 1. The Balaban J connectivity index is 1.99. The fourth-order valence-corrected chi connectivity index (χ4v) is 3.48. The maximum atomic E-state index is 11.3. The molecule has 0 aromatic heterocycles. The molecule has 1 heterocycles. The van der Waals surface area contributed by atoms with E-state index in [1.165, 1.54) is 10.5 Å². The molecule has 2 rings (SSSR count). The first kappa shape index (κ1) is 13.7. The molecule has 0 radical (unpaired) electrons. The van der Waals surface area contributed by atoms with Gasteiger partial charge in [-0.25, -0.2) is 4.79 Å². The van der Waals surface area contributed by atoms with Gasteiger partial charge in [-0.3, -0.25) is 0 Å². The number of carbonyl (C=O) groups is 1. The van der Waals surface area contributed by atoms with E-state index < -0.39 is 0 Å². The third kappa shape index (κ3) is 3.62. The Hall–Kier alpha value is -0.740. The fourth-order valence-electron chi connectivity index (χ4n) is 1.89. The molecule has 0 N–H and O–H groups in total. The van der Waals surface area contributed by atoms with Gasteiger partial charge in [0.05, 0.1) is 6.61 Å². The van der Waals surface area contributed by atoms with E-state index in [1.807, 2.05) is 24.8 Å². The molecule has 2 nitrogen and oxygen atoms in total. The van der Waals surface area contributed by atoms with Crippen molar-refractivity contribution in [3.05, 3.63) is 40.4 Å². The number of halogens is 1. The van der Waals surface area contributed by atoms with Gasteiger partial charge in [0.25, 0.3) is 0 Å². The van der Waals surface area contributed by atoms with Gasteiger partial charge in [0.2, 0.25) is 0 Å². The van der Waals surface area contributed by atoms with Crippen molar-refractivity contribution in [3.63, 3.8) is 0 Å². The van der Waals surface area contributed by atoms with Gasteiger partial charge in [-0.15, -0.1) is 11.8 Å². The summed E-state index contributed by atoms with van der Waals surface area (Å²) in [7, 11) is 0. The molecule has 0 bridgehead atoms. The van der Waals surface area contributed by atoms with Crippen molar-refractivity contribution in [1.29, 1.82) is 0 Å². The summed E-state index contributed by atoms with van der Waals surface area (Å²) in [5, 5.41) is 0.364. The van der Waals surface area contributed by atoms with Crippen LogP contribution in [0.25, 0.3) is 0 Å². The van der Waals surface area contributed by atoms with Crippen LogP contribution in [0.4, 0.5) is 0 Å². The van der Waals surface area contributed by atoms with Crippen LogP contribution in [0.15, 0.2) is 39.7 Å². The molecule has 1 aliphatic rings. The molecular formula is C14H15BrO2S. The monoisotopic (exact) mass is 326 g/mol. The number of hydrogen-bond acceptors (Lipinski definition) is 3. The molecular weight excluding hydrogens is 312 g/mol. The zero-order valence-corrected chi connectivity index (χ0v) is 12.6. The Kier molecular flexibility index (Phi) is 4.89. The molecule has 1 aromatic carbocycles. The van der Waals surface area contributed by atoms with Gasteiger partial charge in [-0.2, -0.15) is 0 Å². The Bertz CT molecular complexity index is 471. The number of esters is 1. The van der Waals surface area contributed by atoms with Crippen molar-refractivity contribution in [2.24, 2.45) is 0 Å². The number of thioether (sulfide) groups is 1. The number of benzene rings is 1. The van der Waals surface area contributed by atoms with E-state index in [1.54, 1.807) is 6.08 Å². The van der Waals surface area contributed by atoms with Crippen LogP contribution in [0.3, 0.4) is 0 Å². The largest absolute Gasteiger partial charge is 0.463 e. The molecule has 96 valence electrons. The van der Waals surface area contributed by atoms with Crippen molar-refractivity contribution >= 4 is 33.7 Å². The summed E-state index contributed by atoms with van der Waals surface area (Å²) in [4.78, 5) is 12.6. The van der Waals surface area contributed by atoms with Gasteiger partial charge >= 0.3 is 5.97 Å². The summed E-state index contributed by atoms with van der Waals surface area (Å²) in [5.74, 6) is -0.250. The van der Waals surface area contributed by atoms with Crippen LogP contribution in [-0.4, -0.2) is 17.8 Å². The summed E-state index contributed by atoms with van der Waals surface area (Å²) in [6.45, 7) is 2.24. The molecule has 1 aromatic rings. The summed E-state index contributed by atoms with van der Waals surface area (Å²) in [6.07, 6.45) is 5.61. The molecule has 1 unspecified atom stereocenters. The Morgan fingerprint density at radius 3 is 3.22 bits per heavy atom. The molecule has 0 aliphatic carbocycles. The summed E-state index contributed by atoms with van der Waals surface area (Å²) < 4.78 is 6.00. The van der Waals surface area contributed by atoms with E-state index >= 15 is 0 Å². The highest BCUT2D eigenvalue weighted by Gasteiger charge is 2.17. The van der Waals surface area contributed by atoms with E-state index in [9.17, 15) is 4.79 Å². The van der Waals surface area contributed by atoms with Gasteiger partial charge < -0.3 is 4.74 Å². The topological polar surface area (TPSA) is 26.3 Å². The number of rotatable bonds is 3. The number of ether oxygens (including phenoxy) is 1. The van der Waals surface area contributed by atoms with Crippen LogP contribution in [0, 0.1) is 0 Å². The van der Waals surface area contributed by atoms with Gasteiger partial charge in [-0.1, -0.05) is 22.0 Å². The van der Waals surface area contributed by atoms with E-state index in [0.717, 1.165) is 17.3 Å². The lowest BCUT2D eigenvalue weighted by Gasteiger charge is -2.21. The highest BCUT2D eigenvalue weighted by Crippen LogP contribution is 2.37. The third-order valence-corrected chi connectivity index (χ3v) is 4.57. The fraction of sp³-hybridized carbons (Fsp3) is 0.357.